The summed E-state index contributed by atoms with van der Waals surface area (Å²) in [5.41, 5.74) is 16.0. The fourth-order valence-corrected chi connectivity index (χ4v) is 10.3. The lowest BCUT2D eigenvalue weighted by Gasteiger charge is -2.33. The summed E-state index contributed by atoms with van der Waals surface area (Å²) in [5.74, 6) is 0. The van der Waals surface area contributed by atoms with E-state index < -0.39 is 0 Å². The third-order valence-electron chi connectivity index (χ3n) is 12.8. The van der Waals surface area contributed by atoms with E-state index in [0.717, 1.165) is 11.4 Å². The molecule has 3 aliphatic carbocycles. The molecule has 7 aromatic rings. The highest BCUT2D eigenvalue weighted by molar-refractivity contribution is 5.87. The molecule has 0 heterocycles. The maximum absolute atomic E-state index is 2.47. The normalized spacial score (nSPS) is 16.2. The Hall–Kier alpha value is -5.86. The second kappa shape index (κ2) is 13.5. The molecule has 0 radical (unpaired) electrons. The van der Waals surface area contributed by atoms with Crippen LogP contribution in [0.4, 0.5) is 34.1 Å². The van der Waals surface area contributed by atoms with Gasteiger partial charge in [0.15, 0.2) is 0 Å². The Morgan fingerprint density at radius 2 is 0.667 bits per heavy atom. The van der Waals surface area contributed by atoms with Gasteiger partial charge in [0.2, 0.25) is 0 Å². The Morgan fingerprint density at radius 3 is 1.17 bits per heavy atom. The minimum atomic E-state index is 0.00579. The molecular weight excluding hydrogens is 653 g/mol. The lowest BCUT2D eigenvalue weighted by molar-refractivity contribution is 0.535. The fraction of sp³-hybridized carbons (Fsp3) is 0.192. The monoisotopic (exact) mass is 698 g/mol. The van der Waals surface area contributed by atoms with Gasteiger partial charge in [-0.1, -0.05) is 135 Å². The van der Waals surface area contributed by atoms with E-state index in [1.807, 2.05) is 0 Å². The zero-order valence-corrected chi connectivity index (χ0v) is 30.9. The van der Waals surface area contributed by atoms with E-state index in [4.69, 9.17) is 0 Å². The van der Waals surface area contributed by atoms with Crippen molar-refractivity contribution in [2.45, 2.75) is 62.2 Å². The first-order chi connectivity index (χ1) is 26.7. The quantitative estimate of drug-likeness (QED) is 0.156. The molecule has 2 saturated carbocycles. The zero-order valence-electron chi connectivity index (χ0n) is 30.9. The third kappa shape index (κ3) is 5.38. The van der Waals surface area contributed by atoms with E-state index in [0.29, 0.717) is 0 Å². The first-order valence-electron chi connectivity index (χ1n) is 19.9. The number of nitrogens with zero attached hydrogens (tertiary/aromatic N) is 2. The van der Waals surface area contributed by atoms with Crippen LogP contribution in [-0.4, -0.2) is 0 Å². The van der Waals surface area contributed by atoms with Crippen LogP contribution in [0, 0.1) is 0 Å². The number of para-hydroxylation sites is 3. The molecule has 0 bridgehead atoms. The first-order valence-corrected chi connectivity index (χ1v) is 19.9. The van der Waals surface area contributed by atoms with Crippen LogP contribution in [0.3, 0.4) is 0 Å². The summed E-state index contributed by atoms with van der Waals surface area (Å²) in [6.07, 6.45) is 9.96. The van der Waals surface area contributed by atoms with Crippen LogP contribution in [0.1, 0.15) is 73.6 Å². The van der Waals surface area contributed by atoms with Crippen LogP contribution >= 0.6 is 0 Å². The molecule has 0 N–H and O–H groups in total. The molecule has 0 aliphatic heterocycles. The molecule has 1 spiro atoms. The van der Waals surface area contributed by atoms with Gasteiger partial charge in [0.1, 0.15) is 0 Å². The summed E-state index contributed by atoms with van der Waals surface area (Å²) in [5, 5.41) is 0. The van der Waals surface area contributed by atoms with Crippen LogP contribution in [0.5, 0.6) is 0 Å². The Labute approximate surface area is 320 Å². The van der Waals surface area contributed by atoms with Crippen molar-refractivity contribution in [2.75, 3.05) is 9.80 Å². The number of rotatable bonds is 8. The Morgan fingerprint density at radius 1 is 0.296 bits per heavy atom. The van der Waals surface area contributed by atoms with Crippen molar-refractivity contribution >= 4 is 34.1 Å². The van der Waals surface area contributed by atoms with Gasteiger partial charge >= 0.3 is 0 Å². The Bertz CT molecular complexity index is 2330. The van der Waals surface area contributed by atoms with E-state index >= 15 is 0 Å². The zero-order chi connectivity index (χ0) is 36.0. The SMILES string of the molecule is c1ccc(N(c2ccccc2)c2ccc(C3(c4ccc(N(c5ccccc5)c5ccc6c(c5)-c5ccccc5C65CCCC5)cc4)CCCC3)cc2)cc1. The molecule has 0 atom stereocenters. The molecule has 10 rings (SSSR count). The molecule has 7 aromatic carbocycles. The largest absolute Gasteiger partial charge is 0.311 e. The highest BCUT2D eigenvalue weighted by Crippen LogP contribution is 2.58. The van der Waals surface area contributed by atoms with Gasteiger partial charge in [-0.25, -0.2) is 0 Å². The lowest BCUT2D eigenvalue weighted by atomic mass is 9.73. The third-order valence-corrected chi connectivity index (χ3v) is 12.8. The van der Waals surface area contributed by atoms with Crippen molar-refractivity contribution in [3.8, 4) is 11.1 Å². The van der Waals surface area contributed by atoms with Gasteiger partial charge in [-0.2, -0.15) is 0 Å². The summed E-state index contributed by atoms with van der Waals surface area (Å²) in [7, 11) is 0. The summed E-state index contributed by atoms with van der Waals surface area (Å²) >= 11 is 0. The molecule has 2 fully saturated rings. The van der Waals surface area contributed by atoms with E-state index in [1.165, 1.54) is 107 Å². The Kier molecular flexibility index (Phi) is 8.21. The molecule has 2 nitrogen and oxygen atoms in total. The molecule has 3 aliphatic rings. The van der Waals surface area contributed by atoms with Gasteiger partial charge in [0.25, 0.3) is 0 Å². The lowest BCUT2D eigenvalue weighted by Crippen LogP contribution is -2.24. The summed E-state index contributed by atoms with van der Waals surface area (Å²) in [6, 6.07) is 67.8. The summed E-state index contributed by atoms with van der Waals surface area (Å²) in [6.45, 7) is 0. The van der Waals surface area contributed by atoms with Crippen molar-refractivity contribution in [3.05, 3.63) is 204 Å². The van der Waals surface area contributed by atoms with Gasteiger partial charge in [0.05, 0.1) is 0 Å². The number of hydrogen-bond donors (Lipinski definition) is 0. The number of hydrogen-bond acceptors (Lipinski definition) is 2. The minimum absolute atomic E-state index is 0.00579. The predicted molar refractivity (Wildman–Crippen MR) is 226 cm³/mol. The van der Waals surface area contributed by atoms with E-state index in [1.54, 1.807) is 0 Å². The molecule has 54 heavy (non-hydrogen) atoms. The van der Waals surface area contributed by atoms with Gasteiger partial charge in [-0.05, 0) is 132 Å². The van der Waals surface area contributed by atoms with E-state index in [2.05, 4.69) is 192 Å². The molecule has 2 heteroatoms. The highest BCUT2D eigenvalue weighted by Gasteiger charge is 2.45. The van der Waals surface area contributed by atoms with Crippen LogP contribution in [0.25, 0.3) is 11.1 Å². The first kappa shape index (κ1) is 32.8. The average molecular weight is 699 g/mol. The second-order valence-corrected chi connectivity index (χ2v) is 15.6. The van der Waals surface area contributed by atoms with Gasteiger partial charge in [-0.3, -0.25) is 0 Å². The van der Waals surface area contributed by atoms with Crippen LogP contribution < -0.4 is 9.80 Å². The van der Waals surface area contributed by atoms with Crippen molar-refractivity contribution in [2.24, 2.45) is 0 Å². The molecule has 0 aromatic heterocycles. The minimum Gasteiger partial charge on any atom is -0.311 e. The molecule has 0 unspecified atom stereocenters. The van der Waals surface area contributed by atoms with Crippen LogP contribution in [0.2, 0.25) is 0 Å². The van der Waals surface area contributed by atoms with Gasteiger partial charge < -0.3 is 9.80 Å². The van der Waals surface area contributed by atoms with Crippen molar-refractivity contribution in [1.82, 2.24) is 0 Å². The molecule has 0 amide bonds. The average Bonchev–Trinajstić information content (AvgIpc) is 4.01. The molecule has 264 valence electrons. The van der Waals surface area contributed by atoms with E-state index in [9.17, 15) is 0 Å². The van der Waals surface area contributed by atoms with Crippen molar-refractivity contribution in [3.63, 3.8) is 0 Å². The second-order valence-electron chi connectivity index (χ2n) is 15.6. The van der Waals surface area contributed by atoms with Gasteiger partial charge in [0, 0.05) is 45.0 Å². The maximum atomic E-state index is 2.47. The van der Waals surface area contributed by atoms with Crippen molar-refractivity contribution < 1.29 is 0 Å². The van der Waals surface area contributed by atoms with Crippen molar-refractivity contribution in [1.29, 1.82) is 0 Å². The number of anilines is 6. The predicted octanol–water partition coefficient (Wildman–Crippen LogP) is 14.3. The highest BCUT2D eigenvalue weighted by atomic mass is 15.1. The summed E-state index contributed by atoms with van der Waals surface area (Å²) < 4.78 is 0. The van der Waals surface area contributed by atoms with Crippen LogP contribution in [0.15, 0.2) is 182 Å². The topological polar surface area (TPSA) is 6.48 Å². The summed E-state index contributed by atoms with van der Waals surface area (Å²) in [4.78, 5) is 4.80. The Balaban J connectivity index is 1.01. The molecular formula is C52H46N2. The van der Waals surface area contributed by atoms with Crippen LogP contribution in [-0.2, 0) is 10.8 Å². The standard InChI is InChI=1S/C52H46N2/c1-4-16-41(17-5-1)53(42-18-6-2-7-19-42)44-28-24-39(25-29-44)51(34-12-13-35-51)40-26-30-45(31-27-40)54(43-20-8-3-9-21-43)46-32-33-50-48(38-46)47-22-10-11-23-49(47)52(50)36-14-15-37-52/h1-11,16-33,38H,12-15,34-37H2. The maximum Gasteiger partial charge on any atom is 0.0468 e. The molecule has 0 saturated heterocycles. The van der Waals surface area contributed by atoms with E-state index in [-0.39, 0.29) is 10.8 Å². The van der Waals surface area contributed by atoms with Gasteiger partial charge in [-0.15, -0.1) is 0 Å². The number of benzene rings is 7. The smallest absolute Gasteiger partial charge is 0.0468 e. The number of fused-ring (bicyclic) bond motifs is 5. The fourth-order valence-electron chi connectivity index (χ4n) is 10.3.